The second-order valence-corrected chi connectivity index (χ2v) is 7.71. The van der Waals surface area contributed by atoms with Crippen LogP contribution in [0.4, 0.5) is 10.5 Å². The lowest BCUT2D eigenvalue weighted by Crippen LogP contribution is -2.36. The molecule has 5 nitrogen and oxygen atoms in total. The standard InChI is InChI=1S/C27H23N3O2/c31-27(29-25-8-4-7-22(18-25)20-5-2-1-3-6-20)30-15-16-32-26-10-9-23(17-24(26)19-30)21-11-13-28-14-12-21/h1-14,17-18H,15-16,19H2,(H,29,31). The molecule has 2 amide bonds. The van der Waals surface area contributed by atoms with Gasteiger partial charge >= 0.3 is 6.03 Å². The first-order valence-electron chi connectivity index (χ1n) is 10.6. The summed E-state index contributed by atoms with van der Waals surface area (Å²) >= 11 is 0. The number of nitrogens with one attached hydrogen (secondary N) is 1. The van der Waals surface area contributed by atoms with Gasteiger partial charge in [-0.2, -0.15) is 0 Å². The molecule has 0 spiro atoms. The zero-order valence-electron chi connectivity index (χ0n) is 17.6. The van der Waals surface area contributed by atoms with Gasteiger partial charge in [-0.05, 0) is 58.7 Å². The molecule has 2 heterocycles. The Balaban J connectivity index is 1.34. The van der Waals surface area contributed by atoms with Crippen molar-refractivity contribution in [3.8, 4) is 28.0 Å². The van der Waals surface area contributed by atoms with Crippen molar-refractivity contribution in [2.75, 3.05) is 18.5 Å². The minimum Gasteiger partial charge on any atom is -0.491 e. The fraction of sp³-hybridized carbons (Fsp3) is 0.111. The van der Waals surface area contributed by atoms with Crippen LogP contribution in [0.25, 0.3) is 22.3 Å². The van der Waals surface area contributed by atoms with E-state index in [0.717, 1.165) is 39.3 Å². The molecule has 5 rings (SSSR count). The highest BCUT2D eigenvalue weighted by Gasteiger charge is 2.20. The summed E-state index contributed by atoms with van der Waals surface area (Å²) in [6.07, 6.45) is 3.56. The maximum atomic E-state index is 13.1. The van der Waals surface area contributed by atoms with E-state index in [0.29, 0.717) is 19.7 Å². The van der Waals surface area contributed by atoms with Gasteiger partial charge in [0.25, 0.3) is 0 Å². The molecule has 4 aromatic rings. The van der Waals surface area contributed by atoms with E-state index in [-0.39, 0.29) is 6.03 Å². The smallest absolute Gasteiger partial charge is 0.322 e. The van der Waals surface area contributed by atoms with Crippen molar-refractivity contribution in [3.05, 3.63) is 103 Å². The molecule has 1 aliphatic heterocycles. The Labute approximate surface area is 187 Å². The average Bonchev–Trinajstić information content (AvgIpc) is 3.07. The van der Waals surface area contributed by atoms with Crippen LogP contribution in [-0.4, -0.2) is 29.1 Å². The van der Waals surface area contributed by atoms with E-state index in [1.165, 1.54) is 0 Å². The van der Waals surface area contributed by atoms with E-state index < -0.39 is 0 Å². The van der Waals surface area contributed by atoms with E-state index >= 15 is 0 Å². The van der Waals surface area contributed by atoms with Gasteiger partial charge < -0.3 is 15.0 Å². The molecule has 0 bridgehead atoms. The van der Waals surface area contributed by atoms with Gasteiger partial charge in [-0.1, -0.05) is 48.5 Å². The van der Waals surface area contributed by atoms with E-state index in [4.69, 9.17) is 4.74 Å². The zero-order chi connectivity index (χ0) is 21.8. The number of hydrogen-bond donors (Lipinski definition) is 1. The van der Waals surface area contributed by atoms with Gasteiger partial charge in [-0.25, -0.2) is 4.79 Å². The molecule has 1 aromatic heterocycles. The Kier molecular flexibility index (Phi) is 5.54. The highest BCUT2D eigenvalue weighted by atomic mass is 16.5. The van der Waals surface area contributed by atoms with Gasteiger partial charge in [-0.15, -0.1) is 0 Å². The quantitative estimate of drug-likeness (QED) is 0.452. The summed E-state index contributed by atoms with van der Waals surface area (Å²) in [4.78, 5) is 19.0. The third-order valence-electron chi connectivity index (χ3n) is 5.56. The molecule has 0 fully saturated rings. The molecule has 0 radical (unpaired) electrons. The van der Waals surface area contributed by atoms with Crippen LogP contribution in [0.2, 0.25) is 0 Å². The summed E-state index contributed by atoms with van der Waals surface area (Å²) in [5, 5.41) is 3.05. The number of rotatable bonds is 3. The van der Waals surface area contributed by atoms with E-state index in [1.807, 2.05) is 66.7 Å². The van der Waals surface area contributed by atoms with Crippen LogP contribution < -0.4 is 10.1 Å². The van der Waals surface area contributed by atoms with Crippen molar-refractivity contribution in [1.82, 2.24) is 9.88 Å². The maximum Gasteiger partial charge on any atom is 0.322 e. The molecule has 0 atom stereocenters. The second kappa shape index (κ2) is 8.94. The number of pyridine rings is 1. The summed E-state index contributed by atoms with van der Waals surface area (Å²) in [6.45, 7) is 1.46. The maximum absolute atomic E-state index is 13.1. The Morgan fingerprint density at radius 3 is 2.41 bits per heavy atom. The third kappa shape index (κ3) is 4.32. The summed E-state index contributed by atoms with van der Waals surface area (Å²) in [7, 11) is 0. The highest BCUT2D eigenvalue weighted by molar-refractivity contribution is 5.90. The van der Waals surface area contributed by atoms with Gasteiger partial charge in [-0.3, -0.25) is 4.98 Å². The van der Waals surface area contributed by atoms with Crippen LogP contribution in [0.15, 0.2) is 97.3 Å². The van der Waals surface area contributed by atoms with E-state index in [2.05, 4.69) is 28.5 Å². The summed E-state index contributed by atoms with van der Waals surface area (Å²) in [5.41, 5.74) is 6.10. The van der Waals surface area contributed by atoms with E-state index in [1.54, 1.807) is 17.3 Å². The first kappa shape index (κ1) is 19.8. The van der Waals surface area contributed by atoms with Crippen molar-refractivity contribution >= 4 is 11.7 Å². The first-order chi connectivity index (χ1) is 15.8. The van der Waals surface area contributed by atoms with Crippen molar-refractivity contribution in [3.63, 3.8) is 0 Å². The molecule has 0 saturated carbocycles. The lowest BCUT2D eigenvalue weighted by Gasteiger charge is -2.21. The molecule has 0 saturated heterocycles. The summed E-state index contributed by atoms with van der Waals surface area (Å²) < 4.78 is 5.91. The number of anilines is 1. The first-order valence-corrected chi connectivity index (χ1v) is 10.6. The number of ether oxygens (including phenoxy) is 1. The van der Waals surface area contributed by atoms with Crippen LogP contribution in [0.1, 0.15) is 5.56 Å². The number of fused-ring (bicyclic) bond motifs is 1. The second-order valence-electron chi connectivity index (χ2n) is 7.71. The molecule has 0 aliphatic carbocycles. The monoisotopic (exact) mass is 421 g/mol. The summed E-state index contributed by atoms with van der Waals surface area (Å²) in [5.74, 6) is 0.823. The van der Waals surface area contributed by atoms with Gasteiger partial charge in [0, 0.05) is 23.6 Å². The average molecular weight is 422 g/mol. The largest absolute Gasteiger partial charge is 0.491 e. The number of amides is 2. The Hall–Kier alpha value is -4.12. The fourth-order valence-corrected chi connectivity index (χ4v) is 3.90. The molecular formula is C27H23N3O2. The van der Waals surface area contributed by atoms with Crippen molar-refractivity contribution in [2.24, 2.45) is 0 Å². The van der Waals surface area contributed by atoms with Crippen LogP contribution in [0.3, 0.4) is 0 Å². The van der Waals surface area contributed by atoms with Gasteiger partial charge in [0.05, 0.1) is 13.1 Å². The molecule has 0 unspecified atom stereocenters. The molecule has 1 N–H and O–H groups in total. The number of urea groups is 1. The van der Waals surface area contributed by atoms with Crippen molar-refractivity contribution < 1.29 is 9.53 Å². The molecule has 32 heavy (non-hydrogen) atoms. The van der Waals surface area contributed by atoms with Crippen molar-refractivity contribution in [1.29, 1.82) is 0 Å². The van der Waals surface area contributed by atoms with Gasteiger partial charge in [0.1, 0.15) is 12.4 Å². The van der Waals surface area contributed by atoms with E-state index in [9.17, 15) is 4.79 Å². The number of hydrogen-bond acceptors (Lipinski definition) is 3. The summed E-state index contributed by atoms with van der Waals surface area (Å²) in [6, 6.07) is 28.0. The van der Waals surface area contributed by atoms with Gasteiger partial charge in [0.2, 0.25) is 0 Å². The molecule has 5 heteroatoms. The van der Waals surface area contributed by atoms with Crippen molar-refractivity contribution in [2.45, 2.75) is 6.54 Å². The van der Waals surface area contributed by atoms with Gasteiger partial charge in [0.15, 0.2) is 0 Å². The number of carbonyl (C=O) groups is 1. The predicted molar refractivity (Wildman–Crippen MR) is 126 cm³/mol. The predicted octanol–water partition coefficient (Wildman–Crippen LogP) is 5.84. The highest BCUT2D eigenvalue weighted by Crippen LogP contribution is 2.29. The minimum atomic E-state index is -0.138. The number of aromatic nitrogens is 1. The Bertz CT molecular complexity index is 1230. The molecule has 1 aliphatic rings. The Morgan fingerprint density at radius 2 is 1.56 bits per heavy atom. The molecule has 158 valence electrons. The van der Waals surface area contributed by atoms with Crippen LogP contribution in [-0.2, 0) is 6.54 Å². The van der Waals surface area contributed by atoms with Crippen LogP contribution in [0, 0.1) is 0 Å². The normalized spacial score (nSPS) is 12.9. The lowest BCUT2D eigenvalue weighted by atomic mass is 10.0. The fourth-order valence-electron chi connectivity index (χ4n) is 3.90. The molecule has 3 aromatic carbocycles. The number of benzene rings is 3. The van der Waals surface area contributed by atoms with Crippen LogP contribution >= 0.6 is 0 Å². The lowest BCUT2D eigenvalue weighted by molar-refractivity contribution is 0.200. The number of nitrogens with zero attached hydrogens (tertiary/aromatic N) is 2. The Morgan fingerprint density at radius 1 is 0.812 bits per heavy atom. The third-order valence-corrected chi connectivity index (χ3v) is 5.56. The minimum absolute atomic E-state index is 0.138. The SMILES string of the molecule is O=C(Nc1cccc(-c2ccccc2)c1)N1CCOc2ccc(-c3ccncc3)cc2C1. The van der Waals surface area contributed by atoms with Crippen LogP contribution in [0.5, 0.6) is 5.75 Å². The molecular weight excluding hydrogens is 398 g/mol. The zero-order valence-corrected chi connectivity index (χ0v) is 17.6. The number of carbonyl (C=O) groups excluding carboxylic acids is 1. The topological polar surface area (TPSA) is 54.5 Å².